The van der Waals surface area contributed by atoms with Crippen LogP contribution in [0.5, 0.6) is 5.88 Å². The van der Waals surface area contributed by atoms with Gasteiger partial charge < -0.3 is 10.1 Å². The van der Waals surface area contributed by atoms with Crippen molar-refractivity contribution in [2.45, 2.75) is 13.3 Å². The van der Waals surface area contributed by atoms with Crippen LogP contribution in [-0.2, 0) is 13.5 Å². The van der Waals surface area contributed by atoms with E-state index in [1.807, 2.05) is 24.7 Å². The standard InChI is InChI=1S/C12H17N5O/c1-9-11(14-8-15-12(9)18-3)13-6-4-10-5-7-16-17(10)2/h5,7-8H,4,6H2,1-3H3,(H,13,14,15). The molecule has 6 nitrogen and oxygen atoms in total. The molecule has 0 atom stereocenters. The van der Waals surface area contributed by atoms with Crippen LogP contribution >= 0.6 is 0 Å². The molecular formula is C12H17N5O. The molecule has 0 aliphatic carbocycles. The molecule has 0 aromatic carbocycles. The lowest BCUT2D eigenvalue weighted by molar-refractivity contribution is 0.393. The lowest BCUT2D eigenvalue weighted by Gasteiger charge is -2.10. The number of hydrogen-bond acceptors (Lipinski definition) is 5. The van der Waals surface area contributed by atoms with E-state index in [4.69, 9.17) is 4.74 Å². The molecule has 0 saturated carbocycles. The first-order valence-corrected chi connectivity index (χ1v) is 5.78. The predicted molar refractivity (Wildman–Crippen MR) is 68.7 cm³/mol. The Morgan fingerprint density at radius 1 is 1.39 bits per heavy atom. The summed E-state index contributed by atoms with van der Waals surface area (Å²) >= 11 is 0. The zero-order chi connectivity index (χ0) is 13.0. The molecule has 0 amide bonds. The van der Waals surface area contributed by atoms with E-state index in [-0.39, 0.29) is 0 Å². The van der Waals surface area contributed by atoms with Gasteiger partial charge in [-0.25, -0.2) is 9.97 Å². The molecule has 2 heterocycles. The van der Waals surface area contributed by atoms with E-state index >= 15 is 0 Å². The molecule has 0 radical (unpaired) electrons. The Bertz CT molecular complexity index is 523. The Morgan fingerprint density at radius 2 is 2.22 bits per heavy atom. The van der Waals surface area contributed by atoms with Gasteiger partial charge in [0.2, 0.25) is 5.88 Å². The van der Waals surface area contributed by atoms with E-state index in [9.17, 15) is 0 Å². The van der Waals surface area contributed by atoms with Crippen LogP contribution in [0.15, 0.2) is 18.6 Å². The molecule has 0 aliphatic heterocycles. The Balaban J connectivity index is 1.96. The van der Waals surface area contributed by atoms with Crippen molar-refractivity contribution in [1.82, 2.24) is 19.7 Å². The van der Waals surface area contributed by atoms with Crippen molar-refractivity contribution in [2.75, 3.05) is 19.0 Å². The first-order chi connectivity index (χ1) is 8.72. The summed E-state index contributed by atoms with van der Waals surface area (Å²) in [5, 5.41) is 7.41. The number of ether oxygens (including phenoxy) is 1. The third kappa shape index (κ3) is 2.58. The molecule has 0 saturated heterocycles. The zero-order valence-electron chi connectivity index (χ0n) is 10.8. The third-order valence-corrected chi connectivity index (χ3v) is 2.83. The molecule has 2 rings (SSSR count). The third-order valence-electron chi connectivity index (χ3n) is 2.83. The van der Waals surface area contributed by atoms with Crippen molar-refractivity contribution in [3.05, 3.63) is 29.8 Å². The first kappa shape index (κ1) is 12.3. The minimum atomic E-state index is 0.605. The van der Waals surface area contributed by atoms with Crippen molar-refractivity contribution in [2.24, 2.45) is 7.05 Å². The molecule has 1 N–H and O–H groups in total. The maximum absolute atomic E-state index is 5.15. The Morgan fingerprint density at radius 3 is 2.89 bits per heavy atom. The van der Waals surface area contributed by atoms with Crippen LogP contribution in [0.4, 0.5) is 5.82 Å². The van der Waals surface area contributed by atoms with Crippen molar-refractivity contribution in [3.63, 3.8) is 0 Å². The lowest BCUT2D eigenvalue weighted by Crippen LogP contribution is -2.11. The number of nitrogens with one attached hydrogen (secondary N) is 1. The van der Waals surface area contributed by atoms with Gasteiger partial charge >= 0.3 is 0 Å². The summed E-state index contributed by atoms with van der Waals surface area (Å²) in [5.74, 6) is 1.41. The van der Waals surface area contributed by atoms with Gasteiger partial charge in [0.25, 0.3) is 0 Å². The summed E-state index contributed by atoms with van der Waals surface area (Å²) in [5.41, 5.74) is 2.10. The van der Waals surface area contributed by atoms with Crippen LogP contribution in [0, 0.1) is 6.92 Å². The fourth-order valence-electron chi connectivity index (χ4n) is 1.77. The van der Waals surface area contributed by atoms with Crippen LogP contribution in [-0.4, -0.2) is 33.4 Å². The summed E-state index contributed by atoms with van der Waals surface area (Å²) in [6.45, 7) is 2.73. The number of hydrogen-bond donors (Lipinski definition) is 1. The summed E-state index contributed by atoms with van der Waals surface area (Å²) in [6, 6.07) is 2.01. The maximum Gasteiger partial charge on any atom is 0.221 e. The van der Waals surface area contributed by atoms with Gasteiger partial charge in [-0.3, -0.25) is 4.68 Å². The van der Waals surface area contributed by atoms with Crippen LogP contribution < -0.4 is 10.1 Å². The largest absolute Gasteiger partial charge is 0.481 e. The van der Waals surface area contributed by atoms with Crippen molar-refractivity contribution < 1.29 is 4.74 Å². The highest BCUT2D eigenvalue weighted by atomic mass is 16.5. The van der Waals surface area contributed by atoms with Crippen molar-refractivity contribution >= 4 is 5.82 Å². The van der Waals surface area contributed by atoms with E-state index in [2.05, 4.69) is 20.4 Å². The number of anilines is 1. The molecule has 0 fully saturated rings. The topological polar surface area (TPSA) is 64.9 Å². The summed E-state index contributed by atoms with van der Waals surface area (Å²) < 4.78 is 7.02. The molecule has 2 aromatic heterocycles. The normalized spacial score (nSPS) is 10.4. The van der Waals surface area contributed by atoms with Gasteiger partial charge in [0.05, 0.1) is 12.7 Å². The zero-order valence-corrected chi connectivity index (χ0v) is 10.8. The second kappa shape index (κ2) is 5.48. The van der Waals surface area contributed by atoms with Gasteiger partial charge in [0.1, 0.15) is 12.1 Å². The van der Waals surface area contributed by atoms with Crippen molar-refractivity contribution in [1.29, 1.82) is 0 Å². The number of rotatable bonds is 5. The molecule has 96 valence electrons. The number of nitrogens with zero attached hydrogens (tertiary/aromatic N) is 4. The lowest BCUT2D eigenvalue weighted by atomic mass is 10.3. The van der Waals surface area contributed by atoms with Gasteiger partial charge in [0, 0.05) is 31.9 Å². The molecule has 18 heavy (non-hydrogen) atoms. The predicted octanol–water partition coefficient (Wildman–Crippen LogP) is 1.18. The summed E-state index contributed by atoms with van der Waals surface area (Å²) in [7, 11) is 3.54. The van der Waals surface area contributed by atoms with E-state index in [0.29, 0.717) is 5.88 Å². The van der Waals surface area contributed by atoms with Crippen LogP contribution in [0.25, 0.3) is 0 Å². The molecule has 0 aliphatic rings. The second-order valence-corrected chi connectivity index (χ2v) is 3.98. The minimum absolute atomic E-state index is 0.605. The smallest absolute Gasteiger partial charge is 0.221 e. The molecule has 2 aromatic rings. The van der Waals surface area contributed by atoms with Crippen molar-refractivity contribution in [3.8, 4) is 5.88 Å². The fraction of sp³-hybridized carbons (Fsp3) is 0.417. The SMILES string of the molecule is COc1ncnc(NCCc2ccnn2C)c1C. The van der Waals surface area contributed by atoms with E-state index < -0.39 is 0 Å². The highest BCUT2D eigenvalue weighted by Gasteiger charge is 2.06. The molecule has 0 spiro atoms. The summed E-state index contributed by atoms with van der Waals surface area (Å²) in [4.78, 5) is 8.25. The number of aromatic nitrogens is 4. The number of aryl methyl sites for hydroxylation is 1. The van der Waals surface area contributed by atoms with Gasteiger partial charge in [-0.1, -0.05) is 0 Å². The Kier molecular flexibility index (Phi) is 3.76. The second-order valence-electron chi connectivity index (χ2n) is 3.98. The highest BCUT2D eigenvalue weighted by molar-refractivity contribution is 5.47. The molecule has 6 heteroatoms. The van der Waals surface area contributed by atoms with Gasteiger partial charge in [-0.2, -0.15) is 5.10 Å². The molecule has 0 unspecified atom stereocenters. The highest BCUT2D eigenvalue weighted by Crippen LogP contribution is 2.19. The van der Waals surface area contributed by atoms with Gasteiger partial charge in [-0.15, -0.1) is 0 Å². The van der Waals surface area contributed by atoms with Gasteiger partial charge in [-0.05, 0) is 13.0 Å². The monoisotopic (exact) mass is 247 g/mol. The Hall–Kier alpha value is -2.11. The van der Waals surface area contributed by atoms with Crippen LogP contribution in [0.1, 0.15) is 11.3 Å². The quantitative estimate of drug-likeness (QED) is 0.859. The average Bonchev–Trinajstić information content (AvgIpc) is 2.77. The van der Waals surface area contributed by atoms with E-state index in [1.54, 1.807) is 13.3 Å². The first-order valence-electron chi connectivity index (χ1n) is 5.78. The average molecular weight is 247 g/mol. The number of methoxy groups -OCH3 is 1. The summed E-state index contributed by atoms with van der Waals surface area (Å²) in [6.07, 6.45) is 4.19. The maximum atomic E-state index is 5.15. The van der Waals surface area contributed by atoms with E-state index in [1.165, 1.54) is 12.0 Å². The van der Waals surface area contributed by atoms with E-state index in [0.717, 1.165) is 24.3 Å². The fourth-order valence-corrected chi connectivity index (χ4v) is 1.77. The minimum Gasteiger partial charge on any atom is -0.481 e. The molecular weight excluding hydrogens is 230 g/mol. The van der Waals surface area contributed by atoms with Crippen LogP contribution in [0.2, 0.25) is 0 Å². The molecule has 0 bridgehead atoms. The van der Waals surface area contributed by atoms with Gasteiger partial charge in [0.15, 0.2) is 0 Å². The van der Waals surface area contributed by atoms with Crippen LogP contribution in [0.3, 0.4) is 0 Å². The Labute approximate surface area is 106 Å².